The van der Waals surface area contributed by atoms with Gasteiger partial charge in [0.2, 0.25) is 5.91 Å². The molecule has 4 rings (SSSR count). The van der Waals surface area contributed by atoms with E-state index >= 15 is 0 Å². The number of aliphatic hydroxyl groups is 1. The van der Waals surface area contributed by atoms with E-state index < -0.39 is 28.7 Å². The normalized spacial score (nSPS) is 30.5. The molecule has 0 radical (unpaired) electrons. The number of likely N-dealkylation sites (tertiary alicyclic amines) is 1. The van der Waals surface area contributed by atoms with Gasteiger partial charge < -0.3 is 19.6 Å². The molecular formula is C30H42N2O5S. The smallest absolute Gasteiger partial charge is 0.310 e. The Bertz CT molecular complexity index is 1090. The maximum atomic E-state index is 14.8. The van der Waals surface area contributed by atoms with E-state index in [-0.39, 0.29) is 48.1 Å². The van der Waals surface area contributed by atoms with Crippen LogP contribution in [0.15, 0.2) is 30.9 Å². The summed E-state index contributed by atoms with van der Waals surface area (Å²) in [4.78, 5) is 45.9. The van der Waals surface area contributed by atoms with Crippen LogP contribution in [0.25, 0.3) is 0 Å². The van der Waals surface area contributed by atoms with Crippen LogP contribution in [0.4, 0.5) is 5.69 Å². The minimum Gasteiger partial charge on any atom is -0.466 e. The highest BCUT2D eigenvalue weighted by Gasteiger charge is 2.77. The average Bonchev–Trinajstić information content (AvgIpc) is 3.45. The Labute approximate surface area is 231 Å². The topological polar surface area (TPSA) is 87.2 Å². The molecule has 0 saturated carbocycles. The quantitative estimate of drug-likeness (QED) is 0.353. The lowest BCUT2D eigenvalue weighted by Crippen LogP contribution is -2.59. The zero-order chi connectivity index (χ0) is 27.9. The molecule has 7 nitrogen and oxygen atoms in total. The summed E-state index contributed by atoms with van der Waals surface area (Å²) in [5, 5.41) is 10.5. The summed E-state index contributed by atoms with van der Waals surface area (Å²) < 4.78 is 4.69. The van der Waals surface area contributed by atoms with Crippen molar-refractivity contribution in [1.29, 1.82) is 0 Å². The third-order valence-electron chi connectivity index (χ3n) is 8.61. The Kier molecular flexibility index (Phi) is 8.34. The lowest BCUT2D eigenvalue weighted by Gasteiger charge is -2.42. The maximum absolute atomic E-state index is 14.8. The second-order valence-corrected chi connectivity index (χ2v) is 13.0. The Balaban J connectivity index is 1.90. The fraction of sp³-hybridized carbons (Fsp3) is 0.633. The van der Waals surface area contributed by atoms with Crippen LogP contribution in [0, 0.1) is 37.5 Å². The highest BCUT2D eigenvalue weighted by Crippen LogP contribution is 2.69. The monoisotopic (exact) mass is 542 g/mol. The molecule has 3 aliphatic rings. The first-order valence-electron chi connectivity index (χ1n) is 13.8. The number of aliphatic hydroxyl groups excluding tert-OH is 1. The molecule has 1 aromatic carbocycles. The predicted molar refractivity (Wildman–Crippen MR) is 151 cm³/mol. The number of hydrogen-bond acceptors (Lipinski definition) is 6. The number of esters is 1. The molecule has 3 unspecified atom stereocenters. The number of para-hydroxylation sites is 1. The van der Waals surface area contributed by atoms with Crippen LogP contribution in [-0.4, -0.2) is 69.6 Å². The number of thioether (sulfide) groups is 1. The molecule has 0 aliphatic carbocycles. The number of carbonyl (C=O) groups is 3. The van der Waals surface area contributed by atoms with E-state index in [1.54, 1.807) is 34.6 Å². The van der Waals surface area contributed by atoms with Gasteiger partial charge in [-0.15, -0.1) is 18.3 Å². The van der Waals surface area contributed by atoms with E-state index in [4.69, 9.17) is 4.74 Å². The number of nitrogens with zero attached hydrogens (tertiary/aromatic N) is 2. The van der Waals surface area contributed by atoms with Crippen LogP contribution in [0.2, 0.25) is 0 Å². The lowest BCUT2D eigenvalue weighted by atomic mass is 9.66. The van der Waals surface area contributed by atoms with Crippen LogP contribution < -0.4 is 4.90 Å². The molecule has 1 N–H and O–H groups in total. The van der Waals surface area contributed by atoms with Crippen LogP contribution >= 0.6 is 11.8 Å². The molecule has 208 valence electrons. The molecule has 38 heavy (non-hydrogen) atoms. The fourth-order valence-electron chi connectivity index (χ4n) is 7.26. The van der Waals surface area contributed by atoms with E-state index in [9.17, 15) is 19.5 Å². The Morgan fingerprint density at radius 3 is 2.53 bits per heavy atom. The van der Waals surface area contributed by atoms with Gasteiger partial charge in [-0.25, -0.2) is 0 Å². The minimum absolute atomic E-state index is 0.0398. The number of ether oxygens (including phenoxy) is 1. The van der Waals surface area contributed by atoms with Crippen molar-refractivity contribution in [2.75, 3.05) is 24.7 Å². The van der Waals surface area contributed by atoms with Crippen LogP contribution in [0.1, 0.15) is 51.7 Å². The van der Waals surface area contributed by atoms with E-state index in [2.05, 4.69) is 13.5 Å². The molecule has 2 amide bonds. The summed E-state index contributed by atoms with van der Waals surface area (Å²) in [6, 6.07) is 4.61. The standard InChI is InChI=1S/C30H42N2O5S/c1-8-13-31(25-18(5)11-10-12-19(25)6)28(35)26-30-20(7)15-22(38-30)23(29(36)37-9-2)24(30)27(34)32(26)21(16-33)14-17(3)4/h8,10-12,17,20-24,26,33H,1,9,13-16H2,2-7H3/t20?,21-,22-,23+,24+,26?,30?/m1/s1. The number of fused-ring (bicyclic) bond motifs is 1. The molecule has 3 heterocycles. The van der Waals surface area contributed by atoms with Gasteiger partial charge in [-0.1, -0.05) is 45.0 Å². The van der Waals surface area contributed by atoms with Crippen LogP contribution in [0.3, 0.4) is 0 Å². The number of amides is 2. The second-order valence-electron chi connectivity index (χ2n) is 11.5. The van der Waals surface area contributed by atoms with Crippen molar-refractivity contribution in [2.24, 2.45) is 23.7 Å². The Morgan fingerprint density at radius 1 is 1.32 bits per heavy atom. The third kappa shape index (κ3) is 4.37. The average molecular weight is 543 g/mol. The third-order valence-corrected chi connectivity index (χ3v) is 10.7. The van der Waals surface area contributed by atoms with Crippen molar-refractivity contribution in [3.8, 4) is 0 Å². The van der Waals surface area contributed by atoms with E-state index in [0.717, 1.165) is 23.2 Å². The molecule has 3 fully saturated rings. The van der Waals surface area contributed by atoms with Gasteiger partial charge in [0.05, 0.1) is 35.8 Å². The number of anilines is 1. The molecule has 0 aromatic heterocycles. The van der Waals surface area contributed by atoms with Crippen molar-refractivity contribution in [2.45, 2.75) is 76.5 Å². The van der Waals surface area contributed by atoms with E-state index in [1.165, 1.54) is 0 Å². The zero-order valence-corrected chi connectivity index (χ0v) is 24.3. The minimum atomic E-state index is -0.806. The van der Waals surface area contributed by atoms with Crippen molar-refractivity contribution >= 4 is 35.2 Å². The molecule has 8 heteroatoms. The molecule has 2 bridgehead atoms. The van der Waals surface area contributed by atoms with Crippen molar-refractivity contribution < 1.29 is 24.2 Å². The fourth-order valence-corrected chi connectivity index (χ4v) is 9.65. The van der Waals surface area contributed by atoms with Gasteiger partial charge >= 0.3 is 5.97 Å². The van der Waals surface area contributed by atoms with Gasteiger partial charge in [0, 0.05) is 17.5 Å². The summed E-state index contributed by atoms with van der Waals surface area (Å²) in [5.41, 5.74) is 2.75. The summed E-state index contributed by atoms with van der Waals surface area (Å²) >= 11 is 1.63. The van der Waals surface area contributed by atoms with Crippen LogP contribution in [0.5, 0.6) is 0 Å². The summed E-state index contributed by atoms with van der Waals surface area (Å²) in [5.74, 6) is -1.73. The highest BCUT2D eigenvalue weighted by atomic mass is 32.2. The SMILES string of the molecule is C=CCN(C(=O)C1N([C@@H](CO)CC(C)C)C(=O)[C@@H]2[C@@H](C(=O)OCC)[C@H]3CC(C)C12S3)c1c(C)cccc1C. The number of carbonyl (C=O) groups excluding carboxylic acids is 3. The first-order chi connectivity index (χ1) is 18.0. The number of benzene rings is 1. The molecule has 1 spiro atoms. The largest absolute Gasteiger partial charge is 0.466 e. The van der Waals surface area contributed by atoms with E-state index in [1.807, 2.05) is 45.9 Å². The van der Waals surface area contributed by atoms with Crippen LogP contribution in [-0.2, 0) is 19.1 Å². The van der Waals surface area contributed by atoms with Gasteiger partial charge in [-0.3, -0.25) is 14.4 Å². The first-order valence-corrected chi connectivity index (χ1v) is 14.7. The van der Waals surface area contributed by atoms with Gasteiger partial charge in [-0.05, 0) is 56.6 Å². The van der Waals surface area contributed by atoms with Gasteiger partial charge in [0.25, 0.3) is 5.91 Å². The first kappa shape index (κ1) is 28.7. The van der Waals surface area contributed by atoms with E-state index in [0.29, 0.717) is 13.0 Å². The lowest BCUT2D eigenvalue weighted by molar-refractivity contribution is -0.154. The zero-order valence-electron chi connectivity index (χ0n) is 23.5. The van der Waals surface area contributed by atoms with Gasteiger partial charge in [0.1, 0.15) is 6.04 Å². The molecule has 3 saturated heterocycles. The highest BCUT2D eigenvalue weighted by molar-refractivity contribution is 8.02. The van der Waals surface area contributed by atoms with Gasteiger partial charge in [0.15, 0.2) is 0 Å². The molecule has 1 aromatic rings. The Hall–Kier alpha value is -2.32. The molecule has 3 aliphatic heterocycles. The van der Waals surface area contributed by atoms with Crippen molar-refractivity contribution in [1.82, 2.24) is 4.90 Å². The molecular weight excluding hydrogens is 500 g/mol. The summed E-state index contributed by atoms with van der Waals surface area (Å²) in [6.07, 6.45) is 3.02. The van der Waals surface area contributed by atoms with Gasteiger partial charge in [-0.2, -0.15) is 0 Å². The predicted octanol–water partition coefficient (Wildman–Crippen LogP) is 4.13. The number of aryl methyl sites for hydroxylation is 2. The summed E-state index contributed by atoms with van der Waals surface area (Å²) in [6.45, 7) is 16.1. The number of rotatable bonds is 10. The second kappa shape index (κ2) is 11.0. The Morgan fingerprint density at radius 2 is 1.97 bits per heavy atom. The molecule has 7 atom stereocenters. The summed E-state index contributed by atoms with van der Waals surface area (Å²) in [7, 11) is 0. The van der Waals surface area contributed by atoms with Crippen molar-refractivity contribution in [3.05, 3.63) is 42.0 Å². The van der Waals surface area contributed by atoms with Crippen molar-refractivity contribution in [3.63, 3.8) is 0 Å². The maximum Gasteiger partial charge on any atom is 0.310 e. The number of hydrogen-bond donors (Lipinski definition) is 1.